The first-order valence-corrected chi connectivity index (χ1v) is 18.6. The van der Waals surface area contributed by atoms with E-state index < -0.39 is 45.7 Å². The first-order valence-electron chi connectivity index (χ1n) is 18.6. The Hall–Kier alpha value is -3.88. The minimum absolute atomic E-state index is 0.0433. The van der Waals surface area contributed by atoms with Gasteiger partial charge in [0.15, 0.2) is 17.4 Å². The van der Waals surface area contributed by atoms with E-state index in [9.17, 15) is 28.6 Å². The van der Waals surface area contributed by atoms with Crippen molar-refractivity contribution in [2.24, 2.45) is 33.5 Å². The molecule has 2 bridgehead atoms. The summed E-state index contributed by atoms with van der Waals surface area (Å²) in [5, 5.41) is 25.8. The second-order valence-electron chi connectivity index (χ2n) is 16.6. The number of nitrogens with zero attached hydrogens (tertiary/aromatic N) is 1. The Labute approximate surface area is 298 Å². The minimum atomic E-state index is -1.27. The van der Waals surface area contributed by atoms with Crippen LogP contribution in [-0.4, -0.2) is 51.8 Å². The lowest BCUT2D eigenvalue weighted by Gasteiger charge is -2.71. The van der Waals surface area contributed by atoms with Crippen LogP contribution in [0.15, 0.2) is 84.5 Å². The van der Waals surface area contributed by atoms with Crippen LogP contribution < -0.4 is 4.74 Å². The predicted molar refractivity (Wildman–Crippen MR) is 191 cm³/mol. The van der Waals surface area contributed by atoms with Crippen LogP contribution in [0.4, 0.5) is 13.6 Å². The quantitative estimate of drug-likeness (QED) is 0.191. The number of ketones is 1. The Bertz CT molecular complexity index is 1990. The number of hydrogen-bond acceptors (Lipinski definition) is 5. The molecule has 8 heteroatoms. The molecule has 3 saturated carbocycles. The Morgan fingerprint density at radius 1 is 0.882 bits per heavy atom. The van der Waals surface area contributed by atoms with Crippen LogP contribution in [0.5, 0.6) is 5.75 Å². The summed E-state index contributed by atoms with van der Waals surface area (Å²) in [7, 11) is 0. The maximum atomic E-state index is 14.6. The number of benzene rings is 3. The molecule has 3 fully saturated rings. The van der Waals surface area contributed by atoms with Gasteiger partial charge in [-0.15, -0.1) is 0 Å². The van der Waals surface area contributed by atoms with Crippen molar-refractivity contribution < 1.29 is 33.3 Å². The summed E-state index contributed by atoms with van der Waals surface area (Å²) in [6.45, 7) is 6.91. The zero-order valence-corrected chi connectivity index (χ0v) is 29.6. The lowest BCUT2D eigenvalue weighted by atomic mass is 9.32. The van der Waals surface area contributed by atoms with Gasteiger partial charge in [0.1, 0.15) is 5.75 Å². The molecule has 1 unspecified atom stereocenters. The molecule has 6 aliphatic rings. The second kappa shape index (κ2) is 11.8. The van der Waals surface area contributed by atoms with Crippen LogP contribution in [0.1, 0.15) is 82.5 Å². The molecule has 1 amide bonds. The van der Waals surface area contributed by atoms with Crippen LogP contribution in [0.25, 0.3) is 10.8 Å². The van der Waals surface area contributed by atoms with Gasteiger partial charge in [0.25, 0.3) is 0 Å². The standard InChI is InChI=1S/C43H47F2NO5/c1-4-21-46(38(49)51-31-11-9-27-7-5-6-8-28(27)22-31)26-42(50)18-15-36-40(42,3)17-14-35-39(2)16-13-30(47)24-41(39)19-20-43(35,36)32(25-41)37(48)29-10-12-33(44)34(45)23-29/h5-12,19-20,22-23,25,30,35-36,47,50H,4,13-18,21,24,26H2,1-3H3/t30?,35-,36-,39-,40+,41+,42-,43-/m1/s1. The predicted octanol–water partition coefficient (Wildman–Crippen LogP) is 8.80. The van der Waals surface area contributed by atoms with Gasteiger partial charge in [0.05, 0.1) is 18.2 Å². The van der Waals surface area contributed by atoms with Crippen LogP contribution in [-0.2, 0) is 0 Å². The van der Waals surface area contributed by atoms with Crippen molar-refractivity contribution in [1.29, 1.82) is 0 Å². The number of aliphatic hydroxyl groups is 2. The molecule has 2 spiro atoms. The van der Waals surface area contributed by atoms with E-state index in [1.54, 1.807) is 11.0 Å². The van der Waals surface area contributed by atoms with Crippen molar-refractivity contribution in [1.82, 2.24) is 4.90 Å². The zero-order valence-electron chi connectivity index (χ0n) is 29.6. The van der Waals surface area contributed by atoms with E-state index in [-0.39, 0.29) is 35.1 Å². The molecule has 6 nitrogen and oxygen atoms in total. The van der Waals surface area contributed by atoms with E-state index in [2.05, 4.69) is 32.1 Å². The summed E-state index contributed by atoms with van der Waals surface area (Å²) >= 11 is 0. The van der Waals surface area contributed by atoms with E-state index in [1.807, 2.05) is 43.3 Å². The fourth-order valence-corrected chi connectivity index (χ4v) is 11.6. The third-order valence-electron chi connectivity index (χ3n) is 14.3. The molecule has 9 rings (SSSR count). The molecule has 268 valence electrons. The Kier molecular flexibility index (Phi) is 7.93. The van der Waals surface area contributed by atoms with Gasteiger partial charge in [0, 0.05) is 33.9 Å². The normalized spacial score (nSPS) is 36.2. The molecule has 0 heterocycles. The van der Waals surface area contributed by atoms with Gasteiger partial charge in [-0.25, -0.2) is 13.6 Å². The molecule has 0 saturated heterocycles. The van der Waals surface area contributed by atoms with E-state index in [1.165, 1.54) is 6.07 Å². The van der Waals surface area contributed by atoms with Crippen LogP contribution in [0.3, 0.4) is 0 Å². The number of amides is 1. The van der Waals surface area contributed by atoms with Gasteiger partial charge in [-0.1, -0.05) is 69.3 Å². The highest BCUT2D eigenvalue weighted by Crippen LogP contribution is 2.78. The van der Waals surface area contributed by atoms with Crippen molar-refractivity contribution >= 4 is 22.6 Å². The second-order valence-corrected chi connectivity index (χ2v) is 16.6. The fourth-order valence-electron chi connectivity index (χ4n) is 11.6. The molecule has 51 heavy (non-hydrogen) atoms. The molecule has 2 N–H and O–H groups in total. The molecule has 3 aromatic rings. The highest BCUT2D eigenvalue weighted by atomic mass is 19.2. The maximum absolute atomic E-state index is 14.6. The summed E-state index contributed by atoms with van der Waals surface area (Å²) in [6, 6.07) is 16.8. The van der Waals surface area contributed by atoms with Crippen LogP contribution in [0.2, 0.25) is 0 Å². The van der Waals surface area contributed by atoms with E-state index >= 15 is 0 Å². The first-order chi connectivity index (χ1) is 24.3. The number of aliphatic hydroxyl groups excluding tert-OH is 1. The van der Waals surface area contributed by atoms with Gasteiger partial charge in [0.2, 0.25) is 0 Å². The van der Waals surface area contributed by atoms with Crippen LogP contribution in [0, 0.1) is 45.1 Å². The van der Waals surface area contributed by atoms with E-state index in [0.717, 1.165) is 35.7 Å². The fraction of sp³-hybridized carbons (Fsp3) is 0.488. The Morgan fingerprint density at radius 3 is 2.37 bits per heavy atom. The summed E-state index contributed by atoms with van der Waals surface area (Å²) in [6.07, 6.45) is 10.6. The first kappa shape index (κ1) is 34.2. The average Bonchev–Trinajstić information content (AvgIpc) is 3.38. The van der Waals surface area contributed by atoms with Crippen molar-refractivity contribution in [3.8, 4) is 5.75 Å². The number of rotatable bonds is 7. The molecule has 0 aromatic heterocycles. The number of Topliss-reactive ketones (excluding diaryl/α,β-unsaturated/α-hetero) is 1. The van der Waals surface area contributed by atoms with Gasteiger partial charge < -0.3 is 19.8 Å². The van der Waals surface area contributed by atoms with Gasteiger partial charge in [-0.3, -0.25) is 4.79 Å². The molecular weight excluding hydrogens is 648 g/mol. The minimum Gasteiger partial charge on any atom is -0.410 e. The van der Waals surface area contributed by atoms with Crippen molar-refractivity contribution in [2.45, 2.75) is 83.8 Å². The molecule has 3 aromatic carbocycles. The smallest absolute Gasteiger partial charge is 0.410 e. The Balaban J connectivity index is 1.16. The lowest BCUT2D eigenvalue weighted by molar-refractivity contribution is -0.175. The third-order valence-corrected chi connectivity index (χ3v) is 14.3. The van der Waals surface area contributed by atoms with E-state index in [0.29, 0.717) is 56.4 Å². The number of allylic oxidation sites excluding steroid dienone is 4. The number of fused-ring (bicyclic) bond motifs is 2. The monoisotopic (exact) mass is 695 g/mol. The molecule has 0 aliphatic heterocycles. The van der Waals surface area contributed by atoms with E-state index in [4.69, 9.17) is 4.74 Å². The zero-order chi connectivity index (χ0) is 36.0. The molecule has 6 aliphatic carbocycles. The number of carbonyl (C=O) groups excluding carboxylic acids is 2. The molecule has 8 atom stereocenters. The van der Waals surface area contributed by atoms with Gasteiger partial charge in [-0.2, -0.15) is 0 Å². The maximum Gasteiger partial charge on any atom is 0.415 e. The number of halogens is 2. The van der Waals surface area contributed by atoms with Gasteiger partial charge in [-0.05, 0) is 110 Å². The molecular formula is C43H47F2NO5. The summed E-state index contributed by atoms with van der Waals surface area (Å²) in [5.41, 5.74) is -2.84. The third kappa shape index (κ3) is 4.85. The Morgan fingerprint density at radius 2 is 1.61 bits per heavy atom. The number of hydrogen-bond donors (Lipinski definition) is 2. The topological polar surface area (TPSA) is 87.1 Å². The number of ether oxygens (including phenoxy) is 1. The highest BCUT2D eigenvalue weighted by Gasteiger charge is 2.74. The lowest BCUT2D eigenvalue weighted by Crippen LogP contribution is -2.67. The van der Waals surface area contributed by atoms with Crippen molar-refractivity contribution in [3.05, 3.63) is 102 Å². The van der Waals surface area contributed by atoms with Crippen molar-refractivity contribution in [2.75, 3.05) is 13.1 Å². The summed E-state index contributed by atoms with van der Waals surface area (Å²) in [4.78, 5) is 30.1. The average molecular weight is 696 g/mol. The highest BCUT2D eigenvalue weighted by molar-refractivity contribution is 6.10. The largest absolute Gasteiger partial charge is 0.415 e. The van der Waals surface area contributed by atoms with Gasteiger partial charge >= 0.3 is 6.09 Å². The van der Waals surface area contributed by atoms with Crippen molar-refractivity contribution in [3.63, 3.8) is 0 Å². The summed E-state index contributed by atoms with van der Waals surface area (Å²) in [5.74, 6) is -2.09. The summed E-state index contributed by atoms with van der Waals surface area (Å²) < 4.78 is 34.5. The molecule has 0 radical (unpaired) electrons. The SMILES string of the molecule is CCCN(C[C@]1(O)CC[C@H]2[C@]34C=C[C@@]5(C=C3C(=O)c3ccc(F)c(F)c3)CC(O)CC[C@]5(C)[C@H]4CC[C@@]21C)C(=O)Oc1ccc2ccccc2c1. The number of carbonyl (C=O) groups is 2. The van der Waals surface area contributed by atoms with Crippen LogP contribution >= 0.6 is 0 Å².